The van der Waals surface area contributed by atoms with Crippen LogP contribution in [0.5, 0.6) is 0 Å². The topological polar surface area (TPSA) is 25.6 Å². The van der Waals surface area contributed by atoms with E-state index in [0.717, 1.165) is 6.42 Å². The van der Waals surface area contributed by atoms with Crippen LogP contribution in [0.15, 0.2) is 127 Å². The summed E-state index contributed by atoms with van der Waals surface area (Å²) in [7, 11) is 0. The number of hydrogen-bond donors (Lipinski definition) is 1. The first-order valence-electron chi connectivity index (χ1n) is 15.4. The van der Waals surface area contributed by atoms with E-state index >= 15 is 0 Å². The van der Waals surface area contributed by atoms with Gasteiger partial charge in [-0.2, -0.15) is 0 Å². The zero-order valence-electron chi connectivity index (χ0n) is 24.1. The van der Waals surface area contributed by atoms with Crippen LogP contribution >= 0.6 is 0 Å². The lowest BCUT2D eigenvalue weighted by molar-refractivity contribution is 0.797. The van der Waals surface area contributed by atoms with E-state index in [1.54, 1.807) is 0 Å². The van der Waals surface area contributed by atoms with Crippen molar-refractivity contribution in [2.24, 2.45) is 0 Å². The second-order valence-corrected chi connectivity index (χ2v) is 11.7. The van der Waals surface area contributed by atoms with E-state index in [0.29, 0.717) is 0 Å². The van der Waals surface area contributed by atoms with Gasteiger partial charge >= 0.3 is 0 Å². The van der Waals surface area contributed by atoms with Gasteiger partial charge in [0.05, 0.1) is 22.1 Å². The monoisotopic (exact) mass is 553 g/mol. The molecule has 0 unspecified atom stereocenters. The molecule has 3 nitrogen and oxygen atoms in total. The van der Waals surface area contributed by atoms with Gasteiger partial charge in [0.1, 0.15) is 0 Å². The fourth-order valence-corrected chi connectivity index (χ4v) is 7.28. The summed E-state index contributed by atoms with van der Waals surface area (Å²) in [5, 5.41) is 7.69. The van der Waals surface area contributed by atoms with E-state index in [4.69, 9.17) is 0 Å². The van der Waals surface area contributed by atoms with Gasteiger partial charge in [0.15, 0.2) is 0 Å². The quantitative estimate of drug-likeness (QED) is 0.219. The Morgan fingerprint density at radius 2 is 1.09 bits per heavy atom. The van der Waals surface area contributed by atoms with Gasteiger partial charge in [-0.25, -0.2) is 0 Å². The lowest BCUT2D eigenvalue weighted by Gasteiger charge is -2.12. The third-order valence-corrected chi connectivity index (χ3v) is 9.24. The smallest absolute Gasteiger partial charge is 0.0573 e. The Labute approximate surface area is 249 Å². The van der Waals surface area contributed by atoms with Gasteiger partial charge < -0.3 is 14.1 Å². The second kappa shape index (κ2) is 9.37. The summed E-state index contributed by atoms with van der Waals surface area (Å²) in [6.45, 7) is 2.28. The molecular weight excluding hydrogens is 522 g/mol. The van der Waals surface area contributed by atoms with Crippen LogP contribution in [0, 0.1) is 0 Å². The largest absolute Gasteiger partial charge is 0.355 e. The number of rotatable bonds is 5. The number of benzene rings is 6. The predicted molar refractivity (Wildman–Crippen MR) is 183 cm³/mol. The molecule has 0 fully saturated rings. The average Bonchev–Trinajstić information content (AvgIpc) is 3.71. The molecule has 0 aliphatic rings. The minimum absolute atomic E-state index is 1.07. The highest BCUT2D eigenvalue weighted by Gasteiger charge is 2.18. The van der Waals surface area contributed by atoms with E-state index < -0.39 is 0 Å². The number of aromatic amines is 1. The SMILES string of the molecule is CCCCc1cccc2c3cc(-n4c5ccccc5c5ccccc54)ccc3n(-c3ccc4[nH]c5ccccc5c4c3)c12. The highest BCUT2D eigenvalue weighted by atomic mass is 15.0. The van der Waals surface area contributed by atoms with Gasteiger partial charge in [-0.1, -0.05) is 86.1 Å². The summed E-state index contributed by atoms with van der Waals surface area (Å²) >= 11 is 0. The fourth-order valence-electron chi connectivity index (χ4n) is 7.28. The molecule has 0 bridgehead atoms. The van der Waals surface area contributed by atoms with Crippen LogP contribution in [-0.2, 0) is 6.42 Å². The van der Waals surface area contributed by atoms with Crippen molar-refractivity contribution in [3.63, 3.8) is 0 Å². The summed E-state index contributed by atoms with van der Waals surface area (Å²) < 4.78 is 4.93. The van der Waals surface area contributed by atoms with Crippen molar-refractivity contribution in [2.75, 3.05) is 0 Å². The van der Waals surface area contributed by atoms with Crippen LogP contribution in [0.4, 0.5) is 0 Å². The molecule has 1 N–H and O–H groups in total. The molecule has 0 aliphatic heterocycles. The molecule has 6 aromatic carbocycles. The van der Waals surface area contributed by atoms with E-state index in [1.165, 1.54) is 95.2 Å². The molecule has 9 rings (SSSR count). The Morgan fingerprint density at radius 1 is 0.488 bits per heavy atom. The molecule has 43 heavy (non-hydrogen) atoms. The first-order chi connectivity index (χ1) is 21.3. The first-order valence-corrected chi connectivity index (χ1v) is 15.4. The van der Waals surface area contributed by atoms with Crippen LogP contribution in [0.25, 0.3) is 76.8 Å². The predicted octanol–water partition coefficient (Wildman–Crippen LogP) is 10.9. The lowest BCUT2D eigenvalue weighted by Crippen LogP contribution is -1.98. The molecule has 0 aliphatic carbocycles. The lowest BCUT2D eigenvalue weighted by atomic mass is 10.0. The summed E-state index contributed by atoms with van der Waals surface area (Å²) in [4.78, 5) is 3.60. The number of aromatic nitrogens is 3. The van der Waals surface area contributed by atoms with Crippen molar-refractivity contribution in [2.45, 2.75) is 26.2 Å². The van der Waals surface area contributed by atoms with Gasteiger partial charge in [-0.15, -0.1) is 0 Å². The van der Waals surface area contributed by atoms with Gasteiger partial charge in [0.2, 0.25) is 0 Å². The molecule has 206 valence electrons. The maximum absolute atomic E-state index is 3.60. The number of para-hydroxylation sites is 4. The van der Waals surface area contributed by atoms with Crippen molar-refractivity contribution in [1.29, 1.82) is 0 Å². The van der Waals surface area contributed by atoms with Crippen LogP contribution in [0.1, 0.15) is 25.3 Å². The molecule has 0 radical (unpaired) electrons. The van der Waals surface area contributed by atoms with E-state index in [1.807, 2.05) is 0 Å². The van der Waals surface area contributed by atoms with E-state index in [2.05, 4.69) is 148 Å². The Hall–Kier alpha value is -5.28. The Balaban J connectivity index is 1.36. The Morgan fingerprint density at radius 3 is 1.88 bits per heavy atom. The Bertz CT molecular complexity index is 2450. The number of hydrogen-bond acceptors (Lipinski definition) is 0. The van der Waals surface area contributed by atoms with Crippen molar-refractivity contribution < 1.29 is 0 Å². The average molecular weight is 554 g/mol. The van der Waals surface area contributed by atoms with E-state index in [-0.39, 0.29) is 0 Å². The van der Waals surface area contributed by atoms with Crippen LogP contribution in [-0.4, -0.2) is 14.1 Å². The van der Waals surface area contributed by atoms with Crippen molar-refractivity contribution in [3.05, 3.63) is 133 Å². The normalized spacial score (nSPS) is 12.1. The molecule has 0 saturated carbocycles. The first kappa shape index (κ1) is 24.3. The van der Waals surface area contributed by atoms with Crippen LogP contribution in [0.2, 0.25) is 0 Å². The zero-order valence-corrected chi connectivity index (χ0v) is 24.1. The minimum Gasteiger partial charge on any atom is -0.355 e. The highest BCUT2D eigenvalue weighted by molar-refractivity contribution is 6.13. The summed E-state index contributed by atoms with van der Waals surface area (Å²) in [6.07, 6.45) is 3.42. The molecule has 3 heteroatoms. The van der Waals surface area contributed by atoms with E-state index in [9.17, 15) is 0 Å². The molecule has 9 aromatic rings. The van der Waals surface area contributed by atoms with Crippen LogP contribution in [0.3, 0.4) is 0 Å². The Kier molecular flexibility index (Phi) is 5.30. The third kappa shape index (κ3) is 3.55. The highest BCUT2D eigenvalue weighted by Crippen LogP contribution is 2.39. The zero-order chi connectivity index (χ0) is 28.5. The second-order valence-electron chi connectivity index (χ2n) is 11.7. The summed E-state index contributed by atoms with van der Waals surface area (Å²) in [6, 6.07) is 46.9. The molecule has 0 amide bonds. The molecule has 3 aromatic heterocycles. The van der Waals surface area contributed by atoms with Crippen LogP contribution < -0.4 is 0 Å². The number of nitrogens with zero attached hydrogens (tertiary/aromatic N) is 2. The number of aryl methyl sites for hydroxylation is 1. The maximum Gasteiger partial charge on any atom is 0.0573 e. The van der Waals surface area contributed by atoms with Crippen molar-refractivity contribution >= 4 is 65.4 Å². The number of H-pyrrole nitrogens is 1. The summed E-state index contributed by atoms with van der Waals surface area (Å²) in [5.41, 5.74) is 11.2. The maximum atomic E-state index is 3.60. The molecule has 3 heterocycles. The molecular formula is C40H31N3. The number of fused-ring (bicyclic) bond motifs is 9. The number of unbranched alkanes of at least 4 members (excludes halogenated alkanes) is 1. The minimum atomic E-state index is 1.07. The van der Waals surface area contributed by atoms with Crippen molar-refractivity contribution in [3.8, 4) is 11.4 Å². The van der Waals surface area contributed by atoms with Gasteiger partial charge in [0, 0.05) is 54.7 Å². The molecule has 0 spiro atoms. The van der Waals surface area contributed by atoms with Gasteiger partial charge in [-0.05, 0) is 73.0 Å². The van der Waals surface area contributed by atoms with Gasteiger partial charge in [-0.3, -0.25) is 0 Å². The number of nitrogens with one attached hydrogen (secondary N) is 1. The van der Waals surface area contributed by atoms with Crippen molar-refractivity contribution in [1.82, 2.24) is 14.1 Å². The summed E-state index contributed by atoms with van der Waals surface area (Å²) in [5.74, 6) is 0. The molecule has 0 saturated heterocycles. The standard InChI is InChI=1S/C40H31N3/c1-2-3-11-26-12-10-16-32-34-25-27(42-37-18-8-5-14-30(37)31-15-6-9-19-38(31)42)21-23-39(34)43(40(26)32)28-20-22-36-33(24-28)29-13-4-7-17-35(29)41-36/h4-10,12-25,41H,2-3,11H2,1H3. The van der Waals surface area contributed by atoms with Gasteiger partial charge in [0.25, 0.3) is 0 Å². The molecule has 0 atom stereocenters. The fraction of sp³-hybridized carbons (Fsp3) is 0.100. The third-order valence-electron chi connectivity index (χ3n) is 9.24.